The van der Waals surface area contributed by atoms with Crippen molar-refractivity contribution in [3.05, 3.63) is 252 Å². The minimum Gasteiger partial charge on any atom is -0.309 e. The van der Waals surface area contributed by atoms with Gasteiger partial charge in [0.15, 0.2) is 8.07 Å². The molecule has 9 aromatic carbocycles. The molecule has 7 aliphatic rings. The summed E-state index contributed by atoms with van der Waals surface area (Å²) in [6.07, 6.45) is 15.2. The summed E-state index contributed by atoms with van der Waals surface area (Å²) in [5.74, 6) is 3.36. The van der Waals surface area contributed by atoms with Crippen molar-refractivity contribution in [3.63, 3.8) is 0 Å². The number of hydrogen-bond acceptors (Lipinski definition) is 0. The fourth-order valence-electron chi connectivity index (χ4n) is 17.8. The van der Waals surface area contributed by atoms with E-state index >= 15 is 0 Å². The maximum Gasteiger partial charge on any atom is 0.241 e. The Kier molecular flexibility index (Phi) is 9.71. The predicted molar refractivity (Wildman–Crippen MR) is 313 cm³/mol. The van der Waals surface area contributed by atoms with Crippen LogP contribution in [0, 0.1) is 17.8 Å². The van der Waals surface area contributed by atoms with Crippen LogP contribution in [0.5, 0.6) is 0 Å². The molecule has 0 saturated heterocycles. The van der Waals surface area contributed by atoms with Gasteiger partial charge >= 0.3 is 0 Å². The average Bonchev–Trinajstić information content (AvgIpc) is 3.82. The molecule has 5 saturated carbocycles. The molecular weight excluding hydrogens is 906 g/mol. The molecule has 0 radical (unpaired) electrons. The topological polar surface area (TPSA) is 4.93 Å². The molecule has 74 heavy (non-hydrogen) atoms. The van der Waals surface area contributed by atoms with Crippen molar-refractivity contribution < 1.29 is 0 Å². The molecule has 0 unspecified atom stereocenters. The van der Waals surface area contributed by atoms with E-state index in [4.69, 9.17) is 0 Å². The Bertz CT molecular complexity index is 3680. The molecule has 358 valence electrons. The van der Waals surface area contributed by atoms with Gasteiger partial charge in [-0.25, -0.2) is 0 Å². The molecule has 3 heterocycles. The Morgan fingerprint density at radius 1 is 0.432 bits per heavy atom. The lowest BCUT2D eigenvalue weighted by molar-refractivity contribution is -0.00512. The molecule has 3 heteroatoms. The Balaban J connectivity index is 1.00. The predicted octanol–water partition coefficient (Wildman–Crippen LogP) is 12.2. The molecule has 5 aliphatic carbocycles. The minimum absolute atomic E-state index is 0.0227. The highest BCUT2D eigenvalue weighted by molar-refractivity contribution is 7.26. The van der Waals surface area contributed by atoms with Gasteiger partial charge in [-0.2, -0.15) is 0 Å². The third kappa shape index (κ3) is 6.05. The molecule has 1 aromatic heterocycles. The number of rotatable bonds is 7. The molecule has 0 N–H and O–H groups in total. The van der Waals surface area contributed by atoms with Crippen molar-refractivity contribution in [2.24, 2.45) is 17.8 Å². The summed E-state index contributed by atoms with van der Waals surface area (Å²) in [6.45, 7) is 0.0227. The summed E-state index contributed by atoms with van der Waals surface area (Å²) in [6, 6.07) is 86.7. The van der Waals surface area contributed by atoms with Crippen LogP contribution in [0.15, 0.2) is 218 Å². The molecule has 1 nitrogen and oxygen atoms in total. The van der Waals surface area contributed by atoms with E-state index in [9.17, 15) is 0 Å². The van der Waals surface area contributed by atoms with Crippen LogP contribution in [-0.2, 0) is 10.8 Å². The molecule has 4 bridgehead atoms. The lowest BCUT2D eigenvalue weighted by Gasteiger charge is -2.57. The van der Waals surface area contributed by atoms with Gasteiger partial charge in [0.2, 0.25) is 6.71 Å². The van der Waals surface area contributed by atoms with Crippen LogP contribution in [0.4, 0.5) is 0 Å². The van der Waals surface area contributed by atoms with Crippen LogP contribution >= 0.6 is 0 Å². The molecule has 0 spiro atoms. The molecule has 2 aliphatic heterocycles. The largest absolute Gasteiger partial charge is 0.309 e. The maximum atomic E-state index is 2.70. The normalized spacial score (nSPS) is 22.9. The Morgan fingerprint density at radius 3 is 1.70 bits per heavy atom. The number of benzene rings is 9. The van der Waals surface area contributed by atoms with Crippen molar-refractivity contribution >= 4 is 73.7 Å². The SMILES string of the molecule is c1ccc(C2(c3ccccc3)c3ccc(-n4c5ccc(C67CC8CC(CC(C8)C6)C7)cc5c5ccc(C6CCCCC6)cc54)cc3B3c4ccccc4[Si](c4ccccc4)(c4ccccc4)c4cccc2c43)cc1. The van der Waals surface area contributed by atoms with Crippen molar-refractivity contribution in [1.82, 2.24) is 4.57 Å². The second-order valence-electron chi connectivity index (χ2n) is 23.9. The van der Waals surface area contributed by atoms with Gasteiger partial charge in [0.25, 0.3) is 0 Å². The number of hydrogen-bond donors (Lipinski definition) is 0. The highest BCUT2D eigenvalue weighted by Gasteiger charge is 2.57. The maximum absolute atomic E-state index is 2.92. The smallest absolute Gasteiger partial charge is 0.241 e. The van der Waals surface area contributed by atoms with E-state index in [1.54, 1.807) is 5.56 Å². The first-order valence-corrected chi connectivity index (χ1v) is 30.3. The zero-order valence-corrected chi connectivity index (χ0v) is 43.4. The van der Waals surface area contributed by atoms with Crippen LogP contribution in [0.1, 0.15) is 110 Å². The summed E-state index contributed by atoms with van der Waals surface area (Å²) in [4.78, 5) is 0. The Hall–Kier alpha value is -6.94. The second kappa shape index (κ2) is 16.5. The van der Waals surface area contributed by atoms with Crippen molar-refractivity contribution in [2.75, 3.05) is 0 Å². The highest BCUT2D eigenvalue weighted by atomic mass is 28.3. The summed E-state index contributed by atoms with van der Waals surface area (Å²) >= 11 is 0. The van der Waals surface area contributed by atoms with E-state index in [-0.39, 0.29) is 6.71 Å². The van der Waals surface area contributed by atoms with Gasteiger partial charge < -0.3 is 4.57 Å². The zero-order chi connectivity index (χ0) is 48.6. The van der Waals surface area contributed by atoms with Crippen molar-refractivity contribution in [3.8, 4) is 5.69 Å². The fraction of sp³-hybridized carbons (Fsp3) is 0.239. The van der Waals surface area contributed by atoms with Crippen LogP contribution < -0.4 is 37.1 Å². The van der Waals surface area contributed by atoms with E-state index in [0.717, 1.165) is 17.8 Å². The van der Waals surface area contributed by atoms with Gasteiger partial charge in [-0.3, -0.25) is 0 Å². The summed E-state index contributed by atoms with van der Waals surface area (Å²) < 4.78 is 2.70. The zero-order valence-electron chi connectivity index (χ0n) is 42.4. The molecule has 5 fully saturated rings. The number of aromatic nitrogens is 1. The van der Waals surface area contributed by atoms with Gasteiger partial charge in [0, 0.05) is 16.5 Å². The Labute approximate surface area is 438 Å². The van der Waals surface area contributed by atoms with E-state index in [0.29, 0.717) is 11.3 Å². The standard InChI is InChI=1S/C71H62BNSi/c1-6-19-51(20-7-1)52-33-36-59-60-43-55(70-45-48-39-49(46-70)41-50(40-48)47-70)34-38-65(60)73(66(59)42-52)56-35-37-61-64(44-56)72-63-30-16-17-31-67(63)74(57-25-12-4-13-26-57,58-27-14-5-15-28-58)68-32-18-29-62(69(68)72)71(61,53-21-8-2-9-22-53)54-23-10-3-11-24-54/h2-5,8-18,21-38,42-44,48-51H,1,6-7,19-20,39-41,45-47H2. The van der Waals surface area contributed by atoms with E-state index < -0.39 is 13.5 Å². The molecule has 10 aromatic rings. The lowest BCUT2D eigenvalue weighted by atomic mass is 9.30. The van der Waals surface area contributed by atoms with Gasteiger partial charge in [-0.1, -0.05) is 224 Å². The van der Waals surface area contributed by atoms with Gasteiger partial charge in [0.05, 0.1) is 16.4 Å². The Morgan fingerprint density at radius 2 is 1.04 bits per heavy atom. The third-order valence-corrected chi connectivity index (χ3v) is 25.1. The fourth-order valence-corrected chi connectivity index (χ4v) is 23.1. The minimum atomic E-state index is -2.92. The molecular formula is C71H62BNSi. The summed E-state index contributed by atoms with van der Waals surface area (Å²) in [7, 11) is -2.92. The van der Waals surface area contributed by atoms with E-state index in [2.05, 4.69) is 223 Å². The van der Waals surface area contributed by atoms with Crippen LogP contribution in [0.25, 0.3) is 27.5 Å². The van der Waals surface area contributed by atoms with E-state index in [1.807, 2.05) is 0 Å². The monoisotopic (exact) mass is 967 g/mol. The first-order chi connectivity index (χ1) is 36.6. The molecule has 17 rings (SSSR count). The molecule has 0 amide bonds. The first-order valence-electron chi connectivity index (χ1n) is 28.3. The first kappa shape index (κ1) is 43.5. The highest BCUT2D eigenvalue weighted by Crippen LogP contribution is 2.61. The van der Waals surface area contributed by atoms with E-state index in [1.165, 1.54) is 163 Å². The van der Waals surface area contributed by atoms with Crippen molar-refractivity contribution in [2.45, 2.75) is 87.4 Å². The number of fused-ring (bicyclic) bond motifs is 7. The number of nitrogens with zero attached hydrogens (tertiary/aromatic N) is 1. The van der Waals surface area contributed by atoms with Gasteiger partial charge in [0.1, 0.15) is 0 Å². The van der Waals surface area contributed by atoms with Crippen molar-refractivity contribution in [1.29, 1.82) is 0 Å². The van der Waals surface area contributed by atoms with Crippen LogP contribution in [0.3, 0.4) is 0 Å². The lowest BCUT2D eigenvalue weighted by Crippen LogP contribution is -2.88. The summed E-state index contributed by atoms with van der Waals surface area (Å²) in [5.41, 5.74) is 16.6. The average molecular weight is 968 g/mol. The molecule has 0 atom stereocenters. The van der Waals surface area contributed by atoms with Crippen LogP contribution in [0.2, 0.25) is 0 Å². The summed E-state index contributed by atoms with van der Waals surface area (Å²) in [5, 5.41) is 8.71. The quantitative estimate of drug-likeness (QED) is 0.140. The van der Waals surface area contributed by atoms with Gasteiger partial charge in [-0.15, -0.1) is 0 Å². The second-order valence-corrected chi connectivity index (χ2v) is 27.6. The van der Waals surface area contributed by atoms with Gasteiger partial charge in [-0.05, 0) is 165 Å². The van der Waals surface area contributed by atoms with Crippen LogP contribution in [-0.4, -0.2) is 19.4 Å². The third-order valence-electron chi connectivity index (χ3n) is 20.2.